The van der Waals surface area contributed by atoms with Gasteiger partial charge >= 0.3 is 6.18 Å². The summed E-state index contributed by atoms with van der Waals surface area (Å²) in [5.74, 6) is 1.04. The molecule has 1 fully saturated rings. The summed E-state index contributed by atoms with van der Waals surface area (Å²) in [5, 5.41) is 2.90. The number of rotatable bonds is 8. The van der Waals surface area contributed by atoms with Crippen LogP contribution < -0.4 is 19.7 Å². The van der Waals surface area contributed by atoms with Crippen LogP contribution in [0.1, 0.15) is 28.7 Å². The minimum atomic E-state index is -4.43. The number of carbonyl (C=O) groups excluding carboxylic acids is 1. The van der Waals surface area contributed by atoms with Crippen molar-refractivity contribution in [2.45, 2.75) is 19.5 Å². The number of nitrogens with one attached hydrogen (secondary N) is 1. The van der Waals surface area contributed by atoms with Crippen molar-refractivity contribution in [1.29, 1.82) is 0 Å². The molecule has 1 aromatic heterocycles. The van der Waals surface area contributed by atoms with Crippen LogP contribution in [0, 0.1) is 6.92 Å². The molecule has 10 heteroatoms. The molecule has 2 aliphatic heterocycles. The van der Waals surface area contributed by atoms with Crippen molar-refractivity contribution in [2.75, 3.05) is 56.7 Å². The number of amides is 1. The Labute approximate surface area is 231 Å². The molecule has 7 nitrogen and oxygen atoms in total. The number of anilines is 2. The van der Waals surface area contributed by atoms with Crippen LogP contribution in [0.5, 0.6) is 11.5 Å². The highest BCUT2D eigenvalue weighted by atomic mass is 19.4. The average Bonchev–Trinajstić information content (AvgIpc) is 3.25. The molecule has 0 spiro atoms. The number of halogens is 3. The monoisotopic (exact) mass is 552 g/mol. The van der Waals surface area contributed by atoms with Crippen LogP contribution >= 0.6 is 0 Å². The molecule has 1 saturated heterocycles. The predicted octanol–water partition coefficient (Wildman–Crippen LogP) is 5.50. The maximum atomic E-state index is 13.4. The number of alkyl halides is 3. The van der Waals surface area contributed by atoms with Gasteiger partial charge in [0.05, 0.1) is 19.3 Å². The normalized spacial score (nSPS) is 16.7. The maximum Gasteiger partial charge on any atom is 0.419 e. The van der Waals surface area contributed by atoms with Gasteiger partial charge in [0.25, 0.3) is 5.91 Å². The fourth-order valence-electron chi connectivity index (χ4n) is 5.03. The van der Waals surface area contributed by atoms with E-state index < -0.39 is 11.7 Å². The number of methoxy groups -OCH3 is 1. The Morgan fingerprint density at radius 3 is 2.60 bits per heavy atom. The van der Waals surface area contributed by atoms with Gasteiger partial charge in [-0.1, -0.05) is 17.7 Å². The molecule has 210 valence electrons. The highest BCUT2D eigenvalue weighted by Gasteiger charge is 2.36. The van der Waals surface area contributed by atoms with E-state index in [1.165, 1.54) is 12.3 Å². The number of ether oxygens (including phenoxy) is 2. The molecule has 2 aliphatic rings. The molecule has 3 heterocycles. The third kappa shape index (κ3) is 6.07. The van der Waals surface area contributed by atoms with Gasteiger partial charge in [0.2, 0.25) is 0 Å². The van der Waals surface area contributed by atoms with E-state index >= 15 is 0 Å². The van der Waals surface area contributed by atoms with Gasteiger partial charge in [-0.25, -0.2) is 4.98 Å². The Hall–Kier alpha value is -4.05. The van der Waals surface area contributed by atoms with Gasteiger partial charge in [-0.2, -0.15) is 13.2 Å². The third-order valence-electron chi connectivity index (χ3n) is 7.10. The molecule has 0 unspecified atom stereocenters. The molecule has 0 bridgehead atoms. The first-order chi connectivity index (χ1) is 19.2. The molecule has 5 rings (SSSR count). The van der Waals surface area contributed by atoms with Crippen LogP contribution in [0.4, 0.5) is 24.7 Å². The Balaban J connectivity index is 1.14. The van der Waals surface area contributed by atoms with Gasteiger partial charge in [0.1, 0.15) is 5.82 Å². The maximum absolute atomic E-state index is 13.4. The summed E-state index contributed by atoms with van der Waals surface area (Å²) >= 11 is 0. The van der Waals surface area contributed by atoms with Crippen LogP contribution in [0.2, 0.25) is 0 Å². The smallest absolute Gasteiger partial charge is 0.419 e. The van der Waals surface area contributed by atoms with Gasteiger partial charge in [0.15, 0.2) is 11.5 Å². The van der Waals surface area contributed by atoms with Crippen LogP contribution in [0.3, 0.4) is 0 Å². The molecule has 40 heavy (non-hydrogen) atoms. The minimum absolute atomic E-state index is 0.00273. The van der Waals surface area contributed by atoms with Crippen LogP contribution in [-0.4, -0.2) is 62.2 Å². The number of hydrogen-bond donors (Lipinski definition) is 1. The van der Waals surface area contributed by atoms with Crippen molar-refractivity contribution in [3.05, 3.63) is 77.0 Å². The number of benzene rings is 2. The van der Waals surface area contributed by atoms with Gasteiger partial charge in [-0.3, -0.25) is 9.69 Å². The summed E-state index contributed by atoms with van der Waals surface area (Å²) in [6, 6.07) is 13.8. The fourth-order valence-corrected chi connectivity index (χ4v) is 5.03. The quantitative estimate of drug-likeness (QED) is 0.294. The number of aromatic nitrogens is 1. The van der Waals surface area contributed by atoms with Crippen molar-refractivity contribution in [3.63, 3.8) is 0 Å². The van der Waals surface area contributed by atoms with Crippen molar-refractivity contribution in [1.82, 2.24) is 9.88 Å². The Bertz CT molecular complexity index is 1420. The van der Waals surface area contributed by atoms with E-state index in [-0.39, 0.29) is 11.7 Å². The number of nitrogens with zero attached hydrogens (tertiary/aromatic N) is 3. The lowest BCUT2D eigenvalue weighted by molar-refractivity contribution is -0.137. The third-order valence-corrected chi connectivity index (χ3v) is 7.10. The lowest BCUT2D eigenvalue weighted by Crippen LogP contribution is -2.47. The van der Waals surface area contributed by atoms with Gasteiger partial charge in [-0.15, -0.1) is 0 Å². The first-order valence-electron chi connectivity index (χ1n) is 13.2. The lowest BCUT2D eigenvalue weighted by Gasteiger charge is -2.36. The highest BCUT2D eigenvalue weighted by molar-refractivity contribution is 6.34. The van der Waals surface area contributed by atoms with E-state index in [9.17, 15) is 18.0 Å². The molecule has 0 atom stereocenters. The van der Waals surface area contributed by atoms with Crippen LogP contribution in [0.25, 0.3) is 11.6 Å². The minimum Gasteiger partial charge on any atom is -0.493 e. The number of hydrogen-bond acceptors (Lipinski definition) is 6. The number of carbonyl (C=O) groups is 1. The molecular formula is C30H31F3N4O3. The van der Waals surface area contributed by atoms with E-state index in [1.807, 2.05) is 49.4 Å². The summed E-state index contributed by atoms with van der Waals surface area (Å²) in [4.78, 5) is 20.4. The molecule has 0 radical (unpaired) electrons. The van der Waals surface area contributed by atoms with Gasteiger partial charge in [-0.05, 0) is 61.4 Å². The van der Waals surface area contributed by atoms with E-state index in [4.69, 9.17) is 9.47 Å². The summed E-state index contributed by atoms with van der Waals surface area (Å²) in [7, 11) is 1.57. The topological polar surface area (TPSA) is 66.9 Å². The zero-order valence-corrected chi connectivity index (χ0v) is 22.4. The molecule has 3 aromatic rings. The summed E-state index contributed by atoms with van der Waals surface area (Å²) in [5.41, 5.74) is 3.49. The molecule has 2 aromatic carbocycles. The van der Waals surface area contributed by atoms with Crippen molar-refractivity contribution in [2.24, 2.45) is 0 Å². The van der Waals surface area contributed by atoms with Crippen molar-refractivity contribution >= 4 is 29.1 Å². The summed E-state index contributed by atoms with van der Waals surface area (Å²) in [6.07, 6.45) is -0.432. The molecule has 0 saturated carbocycles. The Morgan fingerprint density at radius 1 is 1.05 bits per heavy atom. The van der Waals surface area contributed by atoms with E-state index in [0.29, 0.717) is 49.9 Å². The molecular weight excluding hydrogens is 521 g/mol. The summed E-state index contributed by atoms with van der Waals surface area (Å²) < 4.78 is 51.6. The SMILES string of the molecule is COc1cc(/C=C2\C(=O)Nc3ccc(C)cc32)ccc1OCCCN1CCN(c2ncccc2C(F)(F)F)CC1. The summed E-state index contributed by atoms with van der Waals surface area (Å²) in [6.45, 7) is 5.48. The zero-order chi connectivity index (χ0) is 28.3. The van der Waals surface area contributed by atoms with E-state index in [2.05, 4.69) is 15.2 Å². The zero-order valence-electron chi connectivity index (χ0n) is 22.4. The second-order valence-electron chi connectivity index (χ2n) is 9.87. The Kier molecular flexibility index (Phi) is 7.97. The fraction of sp³-hybridized carbons (Fsp3) is 0.333. The average molecular weight is 553 g/mol. The highest BCUT2D eigenvalue weighted by Crippen LogP contribution is 2.37. The molecule has 0 aliphatic carbocycles. The van der Waals surface area contributed by atoms with Crippen LogP contribution in [0.15, 0.2) is 54.7 Å². The number of pyridine rings is 1. The van der Waals surface area contributed by atoms with Crippen LogP contribution in [-0.2, 0) is 11.0 Å². The van der Waals surface area contributed by atoms with Gasteiger partial charge < -0.3 is 19.7 Å². The van der Waals surface area contributed by atoms with Crippen molar-refractivity contribution in [3.8, 4) is 11.5 Å². The predicted molar refractivity (Wildman–Crippen MR) is 149 cm³/mol. The van der Waals surface area contributed by atoms with Crippen molar-refractivity contribution < 1.29 is 27.4 Å². The van der Waals surface area contributed by atoms with E-state index in [0.717, 1.165) is 41.4 Å². The number of piperazine rings is 1. The standard InChI is InChI=1S/C30H31F3N4O3/c1-20-6-8-25-22(17-20)23(29(38)35-25)18-21-7-9-26(27(19-21)39-2)40-16-4-11-36-12-14-37(15-13-36)28-24(30(31,32)33)5-3-10-34-28/h3,5-10,17-19H,4,11-16H2,1-2H3,(H,35,38)/b23-18-. The van der Waals surface area contributed by atoms with Gasteiger partial charge in [0, 0.05) is 55.7 Å². The number of fused-ring (bicyclic) bond motifs is 1. The molecule has 1 amide bonds. The lowest BCUT2D eigenvalue weighted by atomic mass is 10.0. The largest absolute Gasteiger partial charge is 0.493 e. The molecule has 1 N–H and O–H groups in total. The second-order valence-corrected chi connectivity index (χ2v) is 9.87. The Morgan fingerprint density at radius 2 is 1.85 bits per heavy atom. The van der Waals surface area contributed by atoms with E-state index in [1.54, 1.807) is 12.0 Å². The first-order valence-corrected chi connectivity index (χ1v) is 13.2. The second kappa shape index (κ2) is 11.6. The number of aryl methyl sites for hydroxylation is 1. The first kappa shape index (κ1) is 27.5.